The Morgan fingerprint density at radius 2 is 2.08 bits per heavy atom. The number of unbranched alkanes of at least 4 members (excludes halogenated alkanes) is 2. The minimum Gasteiger partial charge on any atom is -0.372 e. The molecule has 0 unspecified atom stereocenters. The summed E-state index contributed by atoms with van der Waals surface area (Å²) in [6.45, 7) is 8.98. The molecule has 3 N–H and O–H groups in total. The highest BCUT2D eigenvalue weighted by Gasteiger charge is 2.08. The van der Waals surface area contributed by atoms with Crippen LogP contribution in [0.5, 0.6) is 0 Å². The van der Waals surface area contributed by atoms with Gasteiger partial charge in [-0.1, -0.05) is 49.4 Å². The van der Waals surface area contributed by atoms with Crippen molar-refractivity contribution >= 4 is 11.6 Å². The van der Waals surface area contributed by atoms with Gasteiger partial charge in [0.2, 0.25) is 5.91 Å². The maximum absolute atomic E-state index is 11.6. The molecule has 1 aromatic rings. The molecule has 0 bridgehead atoms. The highest BCUT2D eigenvalue weighted by atomic mass is 16.1. The summed E-state index contributed by atoms with van der Waals surface area (Å²) in [6, 6.07) is 8.57. The van der Waals surface area contributed by atoms with Crippen LogP contribution < -0.4 is 16.0 Å². The number of para-hydroxylation sites is 1. The molecule has 0 fully saturated rings. The third-order valence-corrected chi connectivity index (χ3v) is 4.12. The van der Waals surface area contributed by atoms with Gasteiger partial charge >= 0.3 is 0 Å². The predicted molar refractivity (Wildman–Crippen MR) is 108 cm³/mol. The number of carbonyl (C=O) groups is 1. The molecular weight excluding hydrogens is 310 g/mol. The van der Waals surface area contributed by atoms with Gasteiger partial charge in [-0.3, -0.25) is 4.79 Å². The molecule has 0 radical (unpaired) electrons. The standard InChI is InChI=1S/C21H33N3O/c1-3-5-7-12-19-13-9-10-14-20(19)24(4-2)18-11-6-8-15-21(25)23-17-16-22/h3,5,7,9-10,13-14H,1,4,6,8,11-12,15-18,22H2,2H3,(H,23,25)/b7-5-. The van der Waals surface area contributed by atoms with E-state index >= 15 is 0 Å². The molecule has 1 aromatic carbocycles. The van der Waals surface area contributed by atoms with Crippen molar-refractivity contribution in [3.8, 4) is 0 Å². The summed E-state index contributed by atoms with van der Waals surface area (Å²) in [5.41, 5.74) is 8.02. The first-order valence-electron chi connectivity index (χ1n) is 9.30. The van der Waals surface area contributed by atoms with Gasteiger partial charge in [-0.05, 0) is 37.8 Å². The van der Waals surface area contributed by atoms with Gasteiger partial charge in [-0.15, -0.1) is 0 Å². The van der Waals surface area contributed by atoms with Crippen molar-refractivity contribution in [3.63, 3.8) is 0 Å². The molecule has 138 valence electrons. The van der Waals surface area contributed by atoms with Gasteiger partial charge in [-0.2, -0.15) is 0 Å². The number of nitrogens with one attached hydrogen (secondary N) is 1. The molecule has 0 saturated heterocycles. The minimum atomic E-state index is 0.108. The van der Waals surface area contributed by atoms with E-state index in [1.807, 2.05) is 12.2 Å². The lowest BCUT2D eigenvalue weighted by atomic mass is 10.1. The van der Waals surface area contributed by atoms with Gasteiger partial charge in [0.15, 0.2) is 0 Å². The van der Waals surface area contributed by atoms with Crippen molar-refractivity contribution in [2.75, 3.05) is 31.1 Å². The van der Waals surface area contributed by atoms with Crippen LogP contribution >= 0.6 is 0 Å². The molecule has 0 spiro atoms. The van der Waals surface area contributed by atoms with E-state index in [2.05, 4.69) is 54.1 Å². The zero-order valence-electron chi connectivity index (χ0n) is 15.5. The Hall–Kier alpha value is -2.07. The van der Waals surface area contributed by atoms with Crippen molar-refractivity contribution in [2.45, 2.75) is 39.0 Å². The molecule has 0 aromatic heterocycles. The van der Waals surface area contributed by atoms with Crippen molar-refractivity contribution in [1.82, 2.24) is 5.32 Å². The molecule has 0 aliphatic carbocycles. The molecule has 0 heterocycles. The van der Waals surface area contributed by atoms with Crippen molar-refractivity contribution in [3.05, 3.63) is 54.6 Å². The van der Waals surface area contributed by atoms with Gasteiger partial charge in [0, 0.05) is 38.3 Å². The maximum Gasteiger partial charge on any atom is 0.220 e. The number of nitrogens with zero attached hydrogens (tertiary/aromatic N) is 1. The van der Waals surface area contributed by atoms with Crippen LogP contribution in [0.3, 0.4) is 0 Å². The normalized spacial score (nSPS) is 10.8. The summed E-state index contributed by atoms with van der Waals surface area (Å²) >= 11 is 0. The fraction of sp³-hybridized carbons (Fsp3) is 0.476. The SMILES string of the molecule is C=C/C=C\Cc1ccccc1N(CC)CCCCCC(=O)NCCN. The molecule has 1 rings (SSSR count). The van der Waals surface area contributed by atoms with Crippen molar-refractivity contribution < 1.29 is 4.79 Å². The van der Waals surface area contributed by atoms with E-state index in [1.54, 1.807) is 0 Å². The van der Waals surface area contributed by atoms with Gasteiger partial charge in [0.25, 0.3) is 0 Å². The highest BCUT2D eigenvalue weighted by molar-refractivity contribution is 5.75. The lowest BCUT2D eigenvalue weighted by Gasteiger charge is -2.25. The topological polar surface area (TPSA) is 58.4 Å². The first-order chi connectivity index (χ1) is 12.2. The van der Waals surface area contributed by atoms with E-state index < -0.39 is 0 Å². The van der Waals surface area contributed by atoms with Crippen LogP contribution in [0.4, 0.5) is 5.69 Å². The Balaban J connectivity index is 2.45. The average Bonchev–Trinajstić information content (AvgIpc) is 2.64. The number of carbonyl (C=O) groups excluding carboxylic acids is 1. The molecule has 0 aliphatic rings. The quantitative estimate of drug-likeness (QED) is 0.426. The third kappa shape index (κ3) is 8.54. The fourth-order valence-corrected chi connectivity index (χ4v) is 2.80. The number of amides is 1. The molecule has 1 amide bonds. The van der Waals surface area contributed by atoms with Crippen LogP contribution in [-0.4, -0.2) is 32.1 Å². The molecule has 4 heteroatoms. The monoisotopic (exact) mass is 343 g/mol. The summed E-state index contributed by atoms with van der Waals surface area (Å²) in [6.07, 6.45) is 10.5. The zero-order chi connectivity index (χ0) is 18.3. The lowest BCUT2D eigenvalue weighted by Crippen LogP contribution is -2.28. The number of allylic oxidation sites excluding steroid dienone is 3. The Labute approximate surface area is 152 Å². The summed E-state index contributed by atoms with van der Waals surface area (Å²) in [7, 11) is 0. The first-order valence-corrected chi connectivity index (χ1v) is 9.30. The molecule has 25 heavy (non-hydrogen) atoms. The van der Waals surface area contributed by atoms with Gasteiger partial charge in [-0.25, -0.2) is 0 Å². The molecule has 0 atom stereocenters. The largest absolute Gasteiger partial charge is 0.372 e. The highest BCUT2D eigenvalue weighted by Crippen LogP contribution is 2.22. The van der Waals surface area contributed by atoms with Crippen molar-refractivity contribution in [1.29, 1.82) is 0 Å². The van der Waals surface area contributed by atoms with Crippen LogP contribution in [0.2, 0.25) is 0 Å². The average molecular weight is 344 g/mol. The zero-order valence-corrected chi connectivity index (χ0v) is 15.5. The van der Waals surface area contributed by atoms with E-state index in [0.29, 0.717) is 19.5 Å². The summed E-state index contributed by atoms with van der Waals surface area (Å²) in [5.74, 6) is 0.108. The number of benzene rings is 1. The number of nitrogens with two attached hydrogens (primary N) is 1. The van der Waals surface area contributed by atoms with Gasteiger partial charge < -0.3 is 16.0 Å². The van der Waals surface area contributed by atoms with Crippen molar-refractivity contribution in [2.24, 2.45) is 5.73 Å². The van der Waals surface area contributed by atoms with Gasteiger partial charge in [0.1, 0.15) is 0 Å². The molecule has 0 saturated carbocycles. The second-order valence-electron chi connectivity index (χ2n) is 6.03. The fourth-order valence-electron chi connectivity index (χ4n) is 2.80. The van der Waals surface area contributed by atoms with Crippen LogP contribution in [-0.2, 0) is 11.2 Å². The van der Waals surface area contributed by atoms with E-state index in [9.17, 15) is 4.79 Å². The van der Waals surface area contributed by atoms with E-state index in [4.69, 9.17) is 5.73 Å². The van der Waals surface area contributed by atoms with E-state index in [-0.39, 0.29) is 5.91 Å². The molecular formula is C21H33N3O. The summed E-state index contributed by atoms with van der Waals surface area (Å²) in [5, 5.41) is 2.81. The van der Waals surface area contributed by atoms with Crippen LogP contribution in [0, 0.1) is 0 Å². The van der Waals surface area contributed by atoms with Gasteiger partial charge in [0.05, 0.1) is 0 Å². The maximum atomic E-state index is 11.6. The van der Waals surface area contributed by atoms with Crippen LogP contribution in [0.15, 0.2) is 49.1 Å². The van der Waals surface area contributed by atoms with E-state index in [0.717, 1.165) is 38.8 Å². The van der Waals surface area contributed by atoms with Crippen LogP contribution in [0.1, 0.15) is 38.2 Å². The predicted octanol–water partition coefficient (Wildman–Crippen LogP) is 3.43. The Morgan fingerprint density at radius 3 is 2.80 bits per heavy atom. The summed E-state index contributed by atoms with van der Waals surface area (Å²) in [4.78, 5) is 14.0. The molecule has 4 nitrogen and oxygen atoms in total. The third-order valence-electron chi connectivity index (χ3n) is 4.12. The summed E-state index contributed by atoms with van der Waals surface area (Å²) < 4.78 is 0. The van der Waals surface area contributed by atoms with E-state index in [1.165, 1.54) is 11.3 Å². The Morgan fingerprint density at radius 1 is 1.28 bits per heavy atom. The lowest BCUT2D eigenvalue weighted by molar-refractivity contribution is -0.121. The second kappa shape index (κ2) is 13.2. The Bertz CT molecular complexity index is 540. The Kier molecular flexibility index (Phi) is 11.1. The molecule has 0 aliphatic heterocycles. The number of rotatable bonds is 13. The van der Waals surface area contributed by atoms with Crippen LogP contribution in [0.25, 0.3) is 0 Å². The number of hydrogen-bond acceptors (Lipinski definition) is 3. The smallest absolute Gasteiger partial charge is 0.220 e. The number of anilines is 1. The minimum absolute atomic E-state index is 0.108. The second-order valence-corrected chi connectivity index (χ2v) is 6.03. The number of hydrogen-bond donors (Lipinski definition) is 2. The first kappa shape index (κ1) is 21.0.